The van der Waals surface area contributed by atoms with Crippen molar-refractivity contribution in [3.63, 3.8) is 0 Å². The van der Waals surface area contributed by atoms with Gasteiger partial charge in [0, 0.05) is 23.7 Å². The predicted octanol–water partition coefficient (Wildman–Crippen LogP) is 7.54. The Hall–Kier alpha value is -3.25. The quantitative estimate of drug-likeness (QED) is 0.350. The van der Waals surface area contributed by atoms with E-state index in [1.807, 2.05) is 37.3 Å². The minimum absolute atomic E-state index is 0.106. The highest BCUT2D eigenvalue weighted by Gasteiger charge is 2.63. The number of rotatable bonds is 7. The molecule has 4 nitrogen and oxygen atoms in total. The van der Waals surface area contributed by atoms with E-state index in [-0.39, 0.29) is 29.7 Å². The third-order valence-corrected chi connectivity index (χ3v) is 8.13. The summed E-state index contributed by atoms with van der Waals surface area (Å²) < 4.78 is 42.5. The molecule has 2 aliphatic carbocycles. The summed E-state index contributed by atoms with van der Waals surface area (Å²) in [6.07, 6.45) is 1.49. The monoisotopic (exact) mass is 520 g/mol. The molecule has 200 valence electrons. The Morgan fingerprint density at radius 2 is 1.87 bits per heavy atom. The number of hydrogen-bond donors (Lipinski definition) is 1. The Morgan fingerprint density at radius 1 is 1.11 bits per heavy atom. The first kappa shape index (κ1) is 26.4. The number of carbonyl (C=O) groups is 1. The van der Waals surface area contributed by atoms with E-state index >= 15 is 4.39 Å². The van der Waals surface area contributed by atoms with E-state index in [0.29, 0.717) is 30.4 Å². The van der Waals surface area contributed by atoms with Gasteiger partial charge in [0.25, 0.3) is 0 Å². The number of ether oxygens (including phenoxy) is 2. The van der Waals surface area contributed by atoms with Crippen molar-refractivity contribution in [3.8, 4) is 16.9 Å². The van der Waals surface area contributed by atoms with Gasteiger partial charge in [-0.2, -0.15) is 0 Å². The number of benzene rings is 3. The summed E-state index contributed by atoms with van der Waals surface area (Å²) in [7, 11) is 1.65. The fraction of sp³-hybridized carbons (Fsp3) is 0.406. The van der Waals surface area contributed by atoms with E-state index in [4.69, 9.17) is 9.47 Å². The number of fused-ring (bicyclic) bond motifs is 2. The van der Waals surface area contributed by atoms with Crippen LogP contribution in [0.2, 0.25) is 0 Å². The topological polar surface area (TPSA) is 55.8 Å². The van der Waals surface area contributed by atoms with Crippen LogP contribution in [0.3, 0.4) is 0 Å². The predicted molar refractivity (Wildman–Crippen MR) is 142 cm³/mol. The maximum Gasteiger partial charge on any atom is 0.307 e. The van der Waals surface area contributed by atoms with Gasteiger partial charge in [0.15, 0.2) is 11.6 Å². The van der Waals surface area contributed by atoms with Gasteiger partial charge in [-0.3, -0.25) is 4.79 Å². The van der Waals surface area contributed by atoms with Gasteiger partial charge >= 0.3 is 5.97 Å². The summed E-state index contributed by atoms with van der Waals surface area (Å²) in [5.74, 6) is -2.04. The summed E-state index contributed by atoms with van der Waals surface area (Å²) in [6.45, 7) is 8.24. The van der Waals surface area contributed by atoms with Crippen LogP contribution in [0, 0.1) is 29.9 Å². The highest BCUT2D eigenvalue weighted by molar-refractivity contribution is 5.78. The fourth-order valence-electron chi connectivity index (χ4n) is 6.24. The Labute approximate surface area is 222 Å². The van der Waals surface area contributed by atoms with Crippen molar-refractivity contribution in [2.45, 2.75) is 65.1 Å². The molecule has 6 heteroatoms. The first-order chi connectivity index (χ1) is 18.0. The Balaban J connectivity index is 1.48. The van der Waals surface area contributed by atoms with Gasteiger partial charge in [0.1, 0.15) is 12.4 Å². The van der Waals surface area contributed by atoms with Crippen LogP contribution in [0.1, 0.15) is 67.5 Å². The average Bonchev–Trinajstić information content (AvgIpc) is 3.47. The summed E-state index contributed by atoms with van der Waals surface area (Å²) in [5, 5.41) is 9.51. The molecular weight excluding hydrogens is 486 g/mol. The van der Waals surface area contributed by atoms with Gasteiger partial charge in [-0.1, -0.05) is 50.6 Å². The van der Waals surface area contributed by atoms with E-state index in [0.717, 1.165) is 27.8 Å². The van der Waals surface area contributed by atoms with Crippen molar-refractivity contribution in [1.82, 2.24) is 0 Å². The molecule has 0 radical (unpaired) electrons. The van der Waals surface area contributed by atoms with Crippen LogP contribution in [-0.2, 0) is 28.0 Å². The highest BCUT2D eigenvalue weighted by atomic mass is 19.1. The number of hydrogen-bond acceptors (Lipinski definition) is 3. The van der Waals surface area contributed by atoms with Crippen molar-refractivity contribution in [1.29, 1.82) is 0 Å². The fourth-order valence-corrected chi connectivity index (χ4v) is 6.24. The second-order valence-electron chi connectivity index (χ2n) is 11.8. The molecule has 5 rings (SSSR count). The Kier molecular flexibility index (Phi) is 6.59. The lowest BCUT2D eigenvalue weighted by Gasteiger charge is -2.32. The van der Waals surface area contributed by atoms with Crippen molar-refractivity contribution in [2.75, 3.05) is 7.11 Å². The Morgan fingerprint density at radius 3 is 2.53 bits per heavy atom. The van der Waals surface area contributed by atoms with E-state index in [1.165, 1.54) is 6.07 Å². The molecule has 3 aromatic rings. The summed E-state index contributed by atoms with van der Waals surface area (Å²) in [5.41, 5.74) is 4.36. The Bertz CT molecular complexity index is 1410. The third kappa shape index (κ3) is 4.49. The number of halogens is 2. The second kappa shape index (κ2) is 9.49. The molecule has 1 saturated carbocycles. The highest BCUT2D eigenvalue weighted by Crippen LogP contribution is 2.62. The molecule has 1 fully saturated rings. The van der Waals surface area contributed by atoms with Crippen LogP contribution in [0.5, 0.6) is 5.75 Å². The summed E-state index contributed by atoms with van der Waals surface area (Å²) in [4.78, 5) is 11.6. The molecule has 0 bridgehead atoms. The average molecular weight is 521 g/mol. The summed E-state index contributed by atoms with van der Waals surface area (Å²) >= 11 is 0. The van der Waals surface area contributed by atoms with Gasteiger partial charge < -0.3 is 14.6 Å². The zero-order valence-corrected chi connectivity index (χ0v) is 22.5. The van der Waals surface area contributed by atoms with Crippen LogP contribution < -0.4 is 4.74 Å². The van der Waals surface area contributed by atoms with Gasteiger partial charge in [0.05, 0.1) is 12.0 Å². The van der Waals surface area contributed by atoms with E-state index in [9.17, 15) is 14.3 Å². The summed E-state index contributed by atoms with van der Waals surface area (Å²) in [6, 6.07) is 14.2. The minimum Gasteiger partial charge on any atom is -0.486 e. The lowest BCUT2D eigenvalue weighted by molar-refractivity contribution is -0.139. The minimum atomic E-state index is -0.868. The van der Waals surface area contributed by atoms with Gasteiger partial charge in [-0.25, -0.2) is 8.78 Å². The van der Waals surface area contributed by atoms with Crippen molar-refractivity contribution in [3.05, 3.63) is 88.0 Å². The molecule has 38 heavy (non-hydrogen) atoms. The van der Waals surface area contributed by atoms with Crippen molar-refractivity contribution >= 4 is 5.97 Å². The molecule has 0 amide bonds. The number of aliphatic carboxylic acids is 1. The van der Waals surface area contributed by atoms with Gasteiger partial charge in [-0.05, 0) is 78.1 Å². The molecule has 0 aromatic heterocycles. The van der Waals surface area contributed by atoms with E-state index in [2.05, 4.69) is 20.8 Å². The standard InChI is InChI=1S/C32H34F2O4/c1-18-6-10-25(33)22(14-18)21-9-7-19(15-23(21)29(37-5)31(2,3)4)17-38-26-11-8-20-12-13-32(27(20)28(26)34)16-24(32)30(35)36/h6-11,14-15,24,29H,12-13,16-17H2,1-5H3,(H,35,36)/t24-,29+,32+/m0/s1. The van der Waals surface area contributed by atoms with Crippen LogP contribution >= 0.6 is 0 Å². The van der Waals surface area contributed by atoms with Gasteiger partial charge in [-0.15, -0.1) is 0 Å². The van der Waals surface area contributed by atoms with Crippen molar-refractivity contribution in [2.24, 2.45) is 11.3 Å². The number of carboxylic acids is 1. The lowest BCUT2D eigenvalue weighted by Crippen LogP contribution is -2.21. The number of carboxylic acid groups (broad SMARTS) is 1. The van der Waals surface area contributed by atoms with Crippen LogP contribution in [0.15, 0.2) is 48.5 Å². The molecule has 3 aromatic carbocycles. The maximum absolute atomic E-state index is 15.7. The van der Waals surface area contributed by atoms with Crippen LogP contribution in [0.4, 0.5) is 8.78 Å². The first-order valence-corrected chi connectivity index (χ1v) is 13.1. The number of aryl methyl sites for hydroxylation is 2. The third-order valence-electron chi connectivity index (χ3n) is 8.13. The van der Waals surface area contributed by atoms with Crippen molar-refractivity contribution < 1.29 is 28.2 Å². The SMILES string of the molecule is CO[C@H](c1cc(COc2ccc3c(c2F)[C@]2(CC3)C[C@H]2C(=O)O)ccc1-c1cc(C)ccc1F)C(C)(C)C. The van der Waals surface area contributed by atoms with Crippen LogP contribution in [-0.4, -0.2) is 18.2 Å². The lowest BCUT2D eigenvalue weighted by atomic mass is 9.81. The maximum atomic E-state index is 15.7. The zero-order valence-electron chi connectivity index (χ0n) is 22.5. The van der Waals surface area contributed by atoms with E-state index in [1.54, 1.807) is 19.2 Å². The smallest absolute Gasteiger partial charge is 0.307 e. The molecule has 0 aliphatic heterocycles. The molecule has 1 N–H and O–H groups in total. The largest absolute Gasteiger partial charge is 0.486 e. The molecule has 0 unspecified atom stereocenters. The van der Waals surface area contributed by atoms with Gasteiger partial charge in [0.2, 0.25) is 0 Å². The molecule has 1 spiro atoms. The molecule has 2 aliphatic rings. The molecule has 3 atom stereocenters. The number of methoxy groups -OCH3 is 1. The molecule has 0 saturated heterocycles. The normalized spacial score (nSPS) is 20.9. The molecular formula is C32H34F2O4. The van der Waals surface area contributed by atoms with E-state index < -0.39 is 23.1 Å². The first-order valence-electron chi connectivity index (χ1n) is 13.1. The molecule has 0 heterocycles. The second-order valence-corrected chi connectivity index (χ2v) is 11.8. The zero-order chi connectivity index (χ0) is 27.4. The van der Waals surface area contributed by atoms with Crippen LogP contribution in [0.25, 0.3) is 11.1 Å².